The fourth-order valence-electron chi connectivity index (χ4n) is 1.09. The van der Waals surface area contributed by atoms with Gasteiger partial charge < -0.3 is 5.11 Å². The maximum atomic E-state index is 12.4. The highest BCUT2D eigenvalue weighted by molar-refractivity contribution is 6.32. The molecule has 1 N–H and O–H groups in total. The number of ketones is 1. The number of alkyl halides is 3. The molecule has 0 amide bonds. The third kappa shape index (κ3) is 2.41. The molecule has 15 heavy (non-hydrogen) atoms. The SMILES string of the molecule is CC(=O)c1cc(Cl)c(O)cc1C(F)(F)F. The average Bonchev–Trinajstić information content (AvgIpc) is 2.06. The van der Waals surface area contributed by atoms with Crippen molar-refractivity contribution >= 4 is 17.4 Å². The van der Waals surface area contributed by atoms with Gasteiger partial charge in [-0.2, -0.15) is 13.2 Å². The number of carbonyl (C=O) groups is 1. The molecule has 0 fully saturated rings. The number of hydrogen-bond acceptors (Lipinski definition) is 2. The standard InChI is InChI=1S/C9H6ClF3O2/c1-4(14)5-2-7(10)8(15)3-6(5)9(11,12)13/h2-3,15H,1H3. The molecule has 0 unspecified atom stereocenters. The first-order valence-corrected chi connectivity index (χ1v) is 4.22. The quantitative estimate of drug-likeness (QED) is 0.763. The molecule has 0 aliphatic rings. The Balaban J connectivity index is 3.49. The van der Waals surface area contributed by atoms with Crippen LogP contribution in [-0.2, 0) is 6.18 Å². The molecule has 0 atom stereocenters. The van der Waals surface area contributed by atoms with Gasteiger partial charge in [0.2, 0.25) is 0 Å². The molecular weight excluding hydrogens is 233 g/mol. The summed E-state index contributed by atoms with van der Waals surface area (Å²) in [6, 6.07) is 1.25. The van der Waals surface area contributed by atoms with Crippen LogP contribution >= 0.6 is 11.6 Å². The number of phenolic OH excluding ortho intramolecular Hbond substituents is 1. The molecule has 82 valence electrons. The van der Waals surface area contributed by atoms with Crippen LogP contribution in [0.5, 0.6) is 5.75 Å². The lowest BCUT2D eigenvalue weighted by atomic mass is 10.0. The lowest BCUT2D eigenvalue weighted by Crippen LogP contribution is -2.11. The van der Waals surface area contributed by atoms with Crippen LogP contribution in [0, 0.1) is 0 Å². The predicted molar refractivity (Wildman–Crippen MR) is 48.1 cm³/mol. The van der Waals surface area contributed by atoms with Crippen molar-refractivity contribution < 1.29 is 23.1 Å². The molecule has 1 aromatic rings. The van der Waals surface area contributed by atoms with E-state index >= 15 is 0 Å². The largest absolute Gasteiger partial charge is 0.506 e. The molecule has 0 aliphatic heterocycles. The number of carbonyl (C=O) groups excluding carboxylic acids is 1. The lowest BCUT2D eigenvalue weighted by molar-refractivity contribution is -0.138. The summed E-state index contributed by atoms with van der Waals surface area (Å²) in [5, 5.41) is 8.74. The van der Waals surface area contributed by atoms with E-state index < -0.39 is 28.8 Å². The molecule has 0 spiro atoms. The average molecular weight is 239 g/mol. The molecule has 6 heteroatoms. The van der Waals surface area contributed by atoms with Crippen molar-refractivity contribution in [3.63, 3.8) is 0 Å². The van der Waals surface area contributed by atoms with Gasteiger partial charge in [-0.05, 0) is 19.1 Å². The first kappa shape index (κ1) is 11.8. The Hall–Kier alpha value is -1.23. The van der Waals surface area contributed by atoms with Crippen LogP contribution in [0.1, 0.15) is 22.8 Å². The van der Waals surface area contributed by atoms with Crippen molar-refractivity contribution in [2.45, 2.75) is 13.1 Å². The monoisotopic (exact) mass is 238 g/mol. The fraction of sp³-hybridized carbons (Fsp3) is 0.222. The third-order valence-corrected chi connectivity index (χ3v) is 2.07. The van der Waals surface area contributed by atoms with Gasteiger partial charge in [-0.25, -0.2) is 0 Å². The van der Waals surface area contributed by atoms with Gasteiger partial charge in [0.25, 0.3) is 0 Å². The summed E-state index contributed by atoms with van der Waals surface area (Å²) in [7, 11) is 0. The van der Waals surface area contributed by atoms with E-state index in [-0.39, 0.29) is 5.02 Å². The highest BCUT2D eigenvalue weighted by atomic mass is 35.5. The Labute approximate surface area is 88.3 Å². The van der Waals surface area contributed by atoms with E-state index in [4.69, 9.17) is 16.7 Å². The van der Waals surface area contributed by atoms with Crippen LogP contribution in [0.4, 0.5) is 13.2 Å². The van der Waals surface area contributed by atoms with Crippen LogP contribution in [-0.4, -0.2) is 10.9 Å². The lowest BCUT2D eigenvalue weighted by Gasteiger charge is -2.11. The summed E-state index contributed by atoms with van der Waals surface area (Å²) in [4.78, 5) is 10.9. The Morgan fingerprint density at radius 2 is 1.93 bits per heavy atom. The molecule has 1 aromatic carbocycles. The van der Waals surface area contributed by atoms with Gasteiger partial charge in [0, 0.05) is 5.56 Å². The van der Waals surface area contributed by atoms with E-state index in [0.29, 0.717) is 6.07 Å². The van der Waals surface area contributed by atoms with Crippen LogP contribution in [0.25, 0.3) is 0 Å². The Bertz CT molecular complexity index is 413. The van der Waals surface area contributed by atoms with Crippen molar-refractivity contribution in [2.75, 3.05) is 0 Å². The smallest absolute Gasteiger partial charge is 0.417 e. The molecule has 0 heterocycles. The number of halogens is 4. The normalized spacial score (nSPS) is 11.5. The predicted octanol–water partition coefficient (Wildman–Crippen LogP) is 3.27. The number of hydrogen-bond donors (Lipinski definition) is 1. The fourth-order valence-corrected chi connectivity index (χ4v) is 1.25. The molecule has 2 nitrogen and oxygen atoms in total. The molecule has 0 saturated carbocycles. The molecule has 0 saturated heterocycles. The van der Waals surface area contributed by atoms with Gasteiger partial charge in [0.05, 0.1) is 10.6 Å². The number of benzene rings is 1. The van der Waals surface area contributed by atoms with Gasteiger partial charge in [0.15, 0.2) is 5.78 Å². The Morgan fingerprint density at radius 1 is 1.40 bits per heavy atom. The maximum absolute atomic E-state index is 12.4. The van der Waals surface area contributed by atoms with Gasteiger partial charge in [-0.3, -0.25) is 4.79 Å². The minimum absolute atomic E-state index is 0.284. The first-order chi connectivity index (χ1) is 6.73. The third-order valence-electron chi connectivity index (χ3n) is 1.77. The van der Waals surface area contributed by atoms with Crippen LogP contribution in [0.3, 0.4) is 0 Å². The number of rotatable bonds is 1. The van der Waals surface area contributed by atoms with E-state index in [9.17, 15) is 18.0 Å². The summed E-state index contributed by atoms with van der Waals surface area (Å²) in [5.74, 6) is -1.46. The van der Waals surface area contributed by atoms with Crippen molar-refractivity contribution in [2.24, 2.45) is 0 Å². The van der Waals surface area contributed by atoms with Crippen LogP contribution in [0.2, 0.25) is 5.02 Å². The highest BCUT2D eigenvalue weighted by Gasteiger charge is 2.35. The zero-order valence-electron chi connectivity index (χ0n) is 7.52. The van der Waals surface area contributed by atoms with E-state index in [1.807, 2.05) is 0 Å². The van der Waals surface area contributed by atoms with Gasteiger partial charge in [-0.15, -0.1) is 0 Å². The maximum Gasteiger partial charge on any atom is 0.417 e. The van der Waals surface area contributed by atoms with Crippen LogP contribution in [0.15, 0.2) is 12.1 Å². The Kier molecular flexibility index (Phi) is 2.95. The molecule has 0 aliphatic carbocycles. The summed E-state index contributed by atoms with van der Waals surface area (Å²) < 4.78 is 37.2. The number of Topliss-reactive ketones (excluding diaryl/α,β-unsaturated/α-hetero) is 1. The zero-order valence-corrected chi connectivity index (χ0v) is 8.28. The van der Waals surface area contributed by atoms with Crippen molar-refractivity contribution in [3.05, 3.63) is 28.3 Å². The van der Waals surface area contributed by atoms with Crippen molar-refractivity contribution in [3.8, 4) is 5.75 Å². The minimum Gasteiger partial charge on any atom is -0.506 e. The minimum atomic E-state index is -4.69. The summed E-state index contributed by atoms with van der Waals surface area (Å²) in [6.45, 7) is 0.998. The van der Waals surface area contributed by atoms with E-state index in [2.05, 4.69) is 0 Å². The molecule has 0 aromatic heterocycles. The summed E-state index contributed by atoms with van der Waals surface area (Å²) >= 11 is 5.41. The van der Waals surface area contributed by atoms with Gasteiger partial charge >= 0.3 is 6.18 Å². The summed E-state index contributed by atoms with van der Waals surface area (Å²) in [5.41, 5.74) is -1.73. The van der Waals surface area contributed by atoms with E-state index in [1.54, 1.807) is 0 Å². The van der Waals surface area contributed by atoms with Crippen LogP contribution < -0.4 is 0 Å². The zero-order chi connectivity index (χ0) is 11.8. The Morgan fingerprint density at radius 3 is 2.33 bits per heavy atom. The van der Waals surface area contributed by atoms with E-state index in [1.165, 1.54) is 0 Å². The van der Waals surface area contributed by atoms with Gasteiger partial charge in [-0.1, -0.05) is 11.6 Å². The summed E-state index contributed by atoms with van der Waals surface area (Å²) in [6.07, 6.45) is -4.69. The molecule has 0 bridgehead atoms. The molecule has 0 radical (unpaired) electrons. The second-order valence-electron chi connectivity index (χ2n) is 2.90. The highest BCUT2D eigenvalue weighted by Crippen LogP contribution is 2.37. The second-order valence-corrected chi connectivity index (χ2v) is 3.31. The first-order valence-electron chi connectivity index (χ1n) is 3.84. The van der Waals surface area contributed by atoms with Gasteiger partial charge in [0.1, 0.15) is 5.75 Å². The van der Waals surface area contributed by atoms with Crippen molar-refractivity contribution in [1.29, 1.82) is 0 Å². The number of phenols is 1. The topological polar surface area (TPSA) is 37.3 Å². The van der Waals surface area contributed by atoms with E-state index in [0.717, 1.165) is 13.0 Å². The molecule has 1 rings (SSSR count). The van der Waals surface area contributed by atoms with Crippen molar-refractivity contribution in [1.82, 2.24) is 0 Å². The number of aromatic hydroxyl groups is 1. The second kappa shape index (κ2) is 3.73. The molecular formula is C9H6ClF3O2.